The third-order valence-corrected chi connectivity index (χ3v) is 5.62. The van der Waals surface area contributed by atoms with E-state index in [2.05, 4.69) is 34.0 Å². The molecule has 0 amide bonds. The second-order valence-corrected chi connectivity index (χ2v) is 7.18. The molecule has 0 fully saturated rings. The predicted octanol–water partition coefficient (Wildman–Crippen LogP) is 5.24. The summed E-state index contributed by atoms with van der Waals surface area (Å²) in [6.07, 6.45) is -0.475. The van der Waals surface area contributed by atoms with Crippen molar-refractivity contribution < 1.29 is 14.2 Å². The van der Waals surface area contributed by atoms with Crippen molar-refractivity contribution >= 4 is 54.2 Å². The van der Waals surface area contributed by atoms with Crippen molar-refractivity contribution in [2.24, 2.45) is 0 Å². The van der Waals surface area contributed by atoms with Gasteiger partial charge in [0.1, 0.15) is 11.5 Å². The number of hydrogen-bond acceptors (Lipinski definition) is 5. The highest BCUT2D eigenvalue weighted by Crippen LogP contribution is 2.44. The lowest BCUT2D eigenvalue weighted by atomic mass is 10.0. The van der Waals surface area contributed by atoms with Crippen molar-refractivity contribution in [1.29, 1.82) is 0 Å². The summed E-state index contributed by atoms with van der Waals surface area (Å²) < 4.78 is 18.0. The zero-order valence-electron chi connectivity index (χ0n) is 13.1. The van der Waals surface area contributed by atoms with E-state index in [0.717, 1.165) is 42.8 Å². The molecule has 4 rings (SSSR count). The van der Waals surface area contributed by atoms with Crippen LogP contribution in [0.1, 0.15) is 23.1 Å². The number of aromatic nitrogens is 1. The minimum absolute atomic E-state index is 0.475. The van der Waals surface area contributed by atoms with Crippen molar-refractivity contribution in [2.45, 2.75) is 6.29 Å². The fourth-order valence-corrected chi connectivity index (χ4v) is 4.25. The van der Waals surface area contributed by atoms with Crippen molar-refractivity contribution in [1.82, 2.24) is 4.98 Å². The van der Waals surface area contributed by atoms with E-state index in [1.165, 1.54) is 0 Å². The highest BCUT2D eigenvalue weighted by Gasteiger charge is 2.29. The van der Waals surface area contributed by atoms with Gasteiger partial charge in [0.25, 0.3) is 0 Å². The van der Waals surface area contributed by atoms with Crippen LogP contribution in [-0.2, 0) is 9.47 Å². The molecule has 1 unspecified atom stereocenters. The standard InChI is InChI=1S/C18H14INO3S/c1-21-12-3-4-14-11(7-12)8-13-16(20-14)15(19)17(23-18(13)22-2)10-5-6-24-9-10/h3-9,18H,1-2H3. The smallest absolute Gasteiger partial charge is 0.228 e. The maximum atomic E-state index is 6.11. The van der Waals surface area contributed by atoms with Gasteiger partial charge in [0, 0.05) is 29.0 Å². The highest BCUT2D eigenvalue weighted by molar-refractivity contribution is 14.1. The molecule has 0 radical (unpaired) electrons. The minimum atomic E-state index is -0.475. The summed E-state index contributed by atoms with van der Waals surface area (Å²) in [4.78, 5) is 4.85. The lowest BCUT2D eigenvalue weighted by molar-refractivity contribution is -0.0767. The summed E-state index contributed by atoms with van der Waals surface area (Å²) in [6, 6.07) is 9.98. The van der Waals surface area contributed by atoms with Gasteiger partial charge in [0.15, 0.2) is 0 Å². The number of ether oxygens (including phenoxy) is 3. The second-order valence-electron chi connectivity index (χ2n) is 5.33. The Kier molecular flexibility index (Phi) is 4.19. The Bertz CT molecular complexity index is 937. The average Bonchev–Trinajstić information content (AvgIpc) is 3.15. The number of methoxy groups -OCH3 is 2. The molecule has 3 heterocycles. The van der Waals surface area contributed by atoms with E-state index >= 15 is 0 Å². The molecule has 4 nitrogen and oxygen atoms in total. The Morgan fingerprint density at radius 2 is 2.08 bits per heavy atom. The third kappa shape index (κ3) is 2.58. The molecule has 122 valence electrons. The zero-order chi connectivity index (χ0) is 16.7. The quantitative estimate of drug-likeness (QED) is 0.511. The summed E-state index contributed by atoms with van der Waals surface area (Å²) in [5, 5.41) is 5.10. The lowest BCUT2D eigenvalue weighted by Gasteiger charge is -2.27. The van der Waals surface area contributed by atoms with Gasteiger partial charge < -0.3 is 14.2 Å². The fourth-order valence-electron chi connectivity index (χ4n) is 2.75. The second kappa shape index (κ2) is 6.34. The number of hydrogen-bond donors (Lipinski definition) is 0. The number of fused-ring (bicyclic) bond motifs is 2. The van der Waals surface area contributed by atoms with E-state index in [1.807, 2.05) is 29.6 Å². The average molecular weight is 451 g/mol. The molecular weight excluding hydrogens is 437 g/mol. The SMILES string of the molecule is COc1ccc2nc3c(cc2c1)C(OC)OC(c1ccsc1)=C3I. The van der Waals surface area contributed by atoms with Gasteiger partial charge >= 0.3 is 0 Å². The van der Waals surface area contributed by atoms with Crippen LogP contribution in [0.2, 0.25) is 0 Å². The van der Waals surface area contributed by atoms with Crippen molar-refractivity contribution in [3.63, 3.8) is 0 Å². The molecule has 1 atom stereocenters. The van der Waals surface area contributed by atoms with E-state index in [-0.39, 0.29) is 0 Å². The summed E-state index contributed by atoms with van der Waals surface area (Å²) in [7, 11) is 3.31. The van der Waals surface area contributed by atoms with Crippen LogP contribution in [0.15, 0.2) is 41.1 Å². The first-order valence-corrected chi connectivity index (χ1v) is 9.34. The van der Waals surface area contributed by atoms with Crippen LogP contribution in [0, 0.1) is 0 Å². The lowest BCUT2D eigenvalue weighted by Crippen LogP contribution is -2.14. The fraction of sp³-hybridized carbons (Fsp3) is 0.167. The first-order chi connectivity index (χ1) is 11.7. The molecule has 0 bridgehead atoms. The molecule has 0 saturated heterocycles. The molecule has 1 aliphatic heterocycles. The summed E-state index contributed by atoms with van der Waals surface area (Å²) in [6.45, 7) is 0. The predicted molar refractivity (Wildman–Crippen MR) is 104 cm³/mol. The van der Waals surface area contributed by atoms with Crippen LogP contribution in [0.5, 0.6) is 5.75 Å². The van der Waals surface area contributed by atoms with Crippen molar-refractivity contribution in [3.05, 3.63) is 57.9 Å². The molecule has 0 saturated carbocycles. The van der Waals surface area contributed by atoms with Crippen LogP contribution in [0.3, 0.4) is 0 Å². The number of thiophene rings is 1. The molecule has 2 aromatic heterocycles. The molecule has 1 aromatic carbocycles. The van der Waals surface area contributed by atoms with Crippen LogP contribution in [0.4, 0.5) is 0 Å². The van der Waals surface area contributed by atoms with E-state index in [1.54, 1.807) is 25.6 Å². The van der Waals surface area contributed by atoms with Gasteiger partial charge in [0.05, 0.1) is 21.9 Å². The molecule has 24 heavy (non-hydrogen) atoms. The normalized spacial score (nSPS) is 16.9. The number of benzene rings is 1. The van der Waals surface area contributed by atoms with E-state index in [9.17, 15) is 0 Å². The van der Waals surface area contributed by atoms with E-state index in [0.29, 0.717) is 0 Å². The summed E-state index contributed by atoms with van der Waals surface area (Å²) in [5.74, 6) is 1.62. The topological polar surface area (TPSA) is 40.6 Å². The number of rotatable bonds is 3. The Balaban J connectivity index is 1.95. The van der Waals surface area contributed by atoms with Gasteiger partial charge in [-0.05, 0) is 58.3 Å². The first kappa shape index (κ1) is 15.9. The van der Waals surface area contributed by atoms with Crippen LogP contribution in [-0.4, -0.2) is 19.2 Å². The van der Waals surface area contributed by atoms with E-state index in [4.69, 9.17) is 19.2 Å². The van der Waals surface area contributed by atoms with E-state index < -0.39 is 6.29 Å². The van der Waals surface area contributed by atoms with Gasteiger partial charge in [-0.25, -0.2) is 4.98 Å². The monoisotopic (exact) mass is 451 g/mol. The Morgan fingerprint density at radius 3 is 2.79 bits per heavy atom. The molecule has 3 aromatic rings. The largest absolute Gasteiger partial charge is 0.497 e. The van der Waals surface area contributed by atoms with Gasteiger partial charge in [-0.2, -0.15) is 11.3 Å². The molecule has 6 heteroatoms. The maximum absolute atomic E-state index is 6.11. The molecule has 0 aliphatic carbocycles. The third-order valence-electron chi connectivity index (χ3n) is 3.93. The summed E-state index contributed by atoms with van der Waals surface area (Å²) >= 11 is 3.94. The highest BCUT2D eigenvalue weighted by atomic mass is 127. The van der Waals surface area contributed by atoms with Gasteiger partial charge in [0.2, 0.25) is 6.29 Å². The van der Waals surface area contributed by atoms with Crippen LogP contribution >= 0.6 is 33.9 Å². The number of nitrogens with zero attached hydrogens (tertiary/aromatic N) is 1. The van der Waals surface area contributed by atoms with Crippen LogP contribution < -0.4 is 4.74 Å². The Morgan fingerprint density at radius 1 is 1.21 bits per heavy atom. The number of pyridine rings is 1. The van der Waals surface area contributed by atoms with Crippen molar-refractivity contribution in [3.8, 4) is 5.75 Å². The van der Waals surface area contributed by atoms with Gasteiger partial charge in [-0.3, -0.25) is 0 Å². The molecule has 1 aliphatic rings. The van der Waals surface area contributed by atoms with Gasteiger partial charge in [-0.1, -0.05) is 0 Å². The van der Waals surface area contributed by atoms with Crippen molar-refractivity contribution in [2.75, 3.05) is 14.2 Å². The minimum Gasteiger partial charge on any atom is -0.497 e. The van der Waals surface area contributed by atoms with Crippen LogP contribution in [0.25, 0.3) is 20.2 Å². The molecule has 0 spiro atoms. The zero-order valence-corrected chi connectivity index (χ0v) is 16.1. The van der Waals surface area contributed by atoms with Gasteiger partial charge in [-0.15, -0.1) is 0 Å². The first-order valence-electron chi connectivity index (χ1n) is 7.32. The number of halogens is 1. The molecule has 0 N–H and O–H groups in total. The molecular formula is C18H14INO3S. The maximum Gasteiger partial charge on any atom is 0.228 e. The summed E-state index contributed by atoms with van der Waals surface area (Å²) in [5.41, 5.74) is 3.81. The Labute approximate surface area is 157 Å². The Hall–Kier alpha value is -1.64.